The predicted octanol–water partition coefficient (Wildman–Crippen LogP) is 2.52. The van der Waals surface area contributed by atoms with E-state index in [-0.39, 0.29) is 0 Å². The summed E-state index contributed by atoms with van der Waals surface area (Å²) in [5, 5.41) is 2.60. The maximum absolute atomic E-state index is 12.2. The summed E-state index contributed by atoms with van der Waals surface area (Å²) in [5.41, 5.74) is 0.655. The van der Waals surface area contributed by atoms with Gasteiger partial charge >= 0.3 is 18.0 Å². The Morgan fingerprint density at radius 2 is 1.52 bits per heavy atom. The highest BCUT2D eigenvalue weighted by molar-refractivity contribution is 5.96. The first kappa shape index (κ1) is 20.5. The van der Waals surface area contributed by atoms with Gasteiger partial charge in [-0.1, -0.05) is 24.3 Å². The van der Waals surface area contributed by atoms with E-state index >= 15 is 0 Å². The number of nitrogens with one attached hydrogen (secondary N) is 1. The molecule has 0 spiro atoms. The number of alkyl carbamates (subject to hydrolysis) is 1. The molecule has 0 radical (unpaired) electrons. The van der Waals surface area contributed by atoms with Crippen molar-refractivity contribution in [1.29, 1.82) is 0 Å². The minimum absolute atomic E-state index is 0.592. The number of hydrogen-bond acceptors (Lipinski definition) is 6. The SMILES string of the molecule is COC(=O)C(C(=O)OC)[C@H](NC(=O)OC(C)(C)C)c1ccccc1C. The molecule has 0 heterocycles. The first-order valence-electron chi connectivity index (χ1n) is 7.81. The Morgan fingerprint density at radius 1 is 1.00 bits per heavy atom. The summed E-state index contributed by atoms with van der Waals surface area (Å²) in [6.07, 6.45) is -0.751. The lowest BCUT2D eigenvalue weighted by Gasteiger charge is -2.28. The van der Waals surface area contributed by atoms with Crippen LogP contribution in [0, 0.1) is 12.8 Å². The number of hydrogen-bond donors (Lipinski definition) is 1. The lowest BCUT2D eigenvalue weighted by Crippen LogP contribution is -2.43. The molecule has 1 amide bonds. The Hall–Kier alpha value is -2.57. The van der Waals surface area contributed by atoms with Crippen LogP contribution in [0.1, 0.15) is 37.9 Å². The van der Waals surface area contributed by atoms with E-state index in [1.165, 1.54) is 14.2 Å². The molecule has 1 aromatic carbocycles. The summed E-state index contributed by atoms with van der Waals surface area (Å²) >= 11 is 0. The zero-order chi connectivity index (χ0) is 19.2. The minimum atomic E-state index is -1.36. The van der Waals surface area contributed by atoms with Crippen LogP contribution in [-0.4, -0.2) is 37.9 Å². The summed E-state index contributed by atoms with van der Waals surface area (Å²) in [6, 6.07) is 6.10. The maximum atomic E-state index is 12.2. The van der Waals surface area contributed by atoms with Crippen LogP contribution >= 0.6 is 0 Å². The van der Waals surface area contributed by atoms with Gasteiger partial charge in [0.1, 0.15) is 5.60 Å². The molecule has 138 valence electrons. The molecule has 0 saturated heterocycles. The normalized spacial score (nSPS) is 12.3. The van der Waals surface area contributed by atoms with E-state index in [1.54, 1.807) is 32.9 Å². The quantitative estimate of drug-likeness (QED) is 0.498. The van der Waals surface area contributed by atoms with Crippen molar-refractivity contribution in [3.63, 3.8) is 0 Å². The largest absolute Gasteiger partial charge is 0.468 e. The molecule has 1 rings (SSSR count). The van der Waals surface area contributed by atoms with E-state index < -0.39 is 35.6 Å². The van der Waals surface area contributed by atoms with Gasteiger partial charge in [0.25, 0.3) is 0 Å². The highest BCUT2D eigenvalue weighted by atomic mass is 16.6. The van der Waals surface area contributed by atoms with Crippen molar-refractivity contribution in [3.8, 4) is 0 Å². The molecular formula is C18H25NO6. The number of aryl methyl sites for hydroxylation is 1. The van der Waals surface area contributed by atoms with E-state index in [0.29, 0.717) is 5.56 Å². The second kappa shape index (κ2) is 8.50. The van der Waals surface area contributed by atoms with Crippen molar-refractivity contribution in [3.05, 3.63) is 35.4 Å². The topological polar surface area (TPSA) is 90.9 Å². The monoisotopic (exact) mass is 351 g/mol. The van der Waals surface area contributed by atoms with Crippen LogP contribution in [0.4, 0.5) is 4.79 Å². The van der Waals surface area contributed by atoms with Crippen LogP contribution in [0.2, 0.25) is 0 Å². The zero-order valence-corrected chi connectivity index (χ0v) is 15.4. The molecule has 0 unspecified atom stereocenters. The Morgan fingerprint density at radius 3 is 1.96 bits per heavy atom. The molecule has 0 fully saturated rings. The Bertz CT molecular complexity index is 619. The van der Waals surface area contributed by atoms with Crippen LogP contribution in [0.5, 0.6) is 0 Å². The molecule has 0 saturated carbocycles. The first-order chi connectivity index (χ1) is 11.6. The molecule has 0 aliphatic heterocycles. The Labute approximate surface area is 147 Å². The van der Waals surface area contributed by atoms with Gasteiger partial charge in [-0.15, -0.1) is 0 Å². The van der Waals surface area contributed by atoms with E-state index in [0.717, 1.165) is 5.56 Å². The molecule has 25 heavy (non-hydrogen) atoms. The molecular weight excluding hydrogens is 326 g/mol. The number of rotatable bonds is 5. The standard InChI is InChI=1S/C18H25NO6/c1-11-9-7-8-10-12(11)14(19-17(22)25-18(2,3)4)13(15(20)23-5)16(21)24-6/h7-10,13-14H,1-6H3,(H,19,22)/t14-/m1/s1. The van der Waals surface area contributed by atoms with Crippen LogP contribution in [0.3, 0.4) is 0 Å². The zero-order valence-electron chi connectivity index (χ0n) is 15.4. The summed E-state index contributed by atoms with van der Waals surface area (Å²) in [5.74, 6) is -2.98. The van der Waals surface area contributed by atoms with Crippen LogP contribution < -0.4 is 5.32 Å². The van der Waals surface area contributed by atoms with E-state index in [2.05, 4.69) is 5.32 Å². The summed E-state index contributed by atoms with van der Waals surface area (Å²) in [4.78, 5) is 36.6. The first-order valence-corrected chi connectivity index (χ1v) is 7.81. The summed E-state index contributed by atoms with van der Waals surface area (Å²) < 4.78 is 14.7. The van der Waals surface area contributed by atoms with Crippen LogP contribution in [0.25, 0.3) is 0 Å². The van der Waals surface area contributed by atoms with E-state index in [9.17, 15) is 14.4 Å². The van der Waals surface area contributed by atoms with Gasteiger partial charge in [0.05, 0.1) is 20.3 Å². The predicted molar refractivity (Wildman–Crippen MR) is 90.8 cm³/mol. The Balaban J connectivity index is 3.31. The van der Waals surface area contributed by atoms with Gasteiger partial charge in [-0.25, -0.2) is 4.79 Å². The van der Waals surface area contributed by atoms with Crippen LogP contribution in [0.15, 0.2) is 24.3 Å². The molecule has 1 aromatic rings. The summed E-state index contributed by atoms with van der Waals surface area (Å²) in [6.45, 7) is 6.96. The molecule has 1 N–H and O–H groups in total. The highest BCUT2D eigenvalue weighted by Gasteiger charge is 2.40. The van der Waals surface area contributed by atoms with Crippen molar-refractivity contribution in [2.75, 3.05) is 14.2 Å². The van der Waals surface area contributed by atoms with Crippen molar-refractivity contribution < 1.29 is 28.6 Å². The van der Waals surface area contributed by atoms with Gasteiger partial charge in [-0.2, -0.15) is 0 Å². The number of benzene rings is 1. The molecule has 0 bridgehead atoms. The lowest BCUT2D eigenvalue weighted by atomic mass is 9.90. The molecule has 1 atom stereocenters. The number of carbonyl (C=O) groups excluding carboxylic acids is 3. The molecule has 0 aliphatic rings. The fourth-order valence-corrected chi connectivity index (χ4v) is 2.33. The van der Waals surface area contributed by atoms with Crippen molar-refractivity contribution in [2.24, 2.45) is 5.92 Å². The smallest absolute Gasteiger partial charge is 0.408 e. The van der Waals surface area contributed by atoms with Crippen LogP contribution in [-0.2, 0) is 23.8 Å². The molecule has 0 aliphatic carbocycles. The summed E-state index contributed by atoms with van der Waals surface area (Å²) in [7, 11) is 2.33. The van der Waals surface area contributed by atoms with Crippen molar-refractivity contribution >= 4 is 18.0 Å². The molecule has 0 aromatic heterocycles. The van der Waals surface area contributed by atoms with Crippen molar-refractivity contribution in [1.82, 2.24) is 5.32 Å². The van der Waals surface area contributed by atoms with E-state index in [1.807, 2.05) is 19.1 Å². The third kappa shape index (κ3) is 5.77. The number of carbonyl (C=O) groups is 3. The number of ether oxygens (including phenoxy) is 3. The minimum Gasteiger partial charge on any atom is -0.468 e. The maximum Gasteiger partial charge on any atom is 0.408 e. The van der Waals surface area contributed by atoms with Gasteiger partial charge in [-0.05, 0) is 38.8 Å². The van der Waals surface area contributed by atoms with E-state index in [4.69, 9.17) is 14.2 Å². The highest BCUT2D eigenvalue weighted by Crippen LogP contribution is 2.28. The Kier molecular flexibility index (Phi) is 6.97. The van der Waals surface area contributed by atoms with Gasteiger partial charge in [0.2, 0.25) is 0 Å². The fraction of sp³-hybridized carbons (Fsp3) is 0.500. The number of methoxy groups -OCH3 is 2. The molecule has 7 nitrogen and oxygen atoms in total. The number of amides is 1. The average molecular weight is 351 g/mol. The van der Waals surface area contributed by atoms with Crippen molar-refractivity contribution in [2.45, 2.75) is 39.3 Å². The third-order valence-electron chi connectivity index (χ3n) is 3.44. The average Bonchev–Trinajstić information content (AvgIpc) is 2.52. The van der Waals surface area contributed by atoms with Gasteiger partial charge < -0.3 is 19.5 Å². The second-order valence-corrected chi connectivity index (χ2v) is 6.50. The van der Waals surface area contributed by atoms with Gasteiger partial charge in [0, 0.05) is 0 Å². The fourth-order valence-electron chi connectivity index (χ4n) is 2.33. The number of esters is 2. The van der Waals surface area contributed by atoms with Gasteiger partial charge in [-0.3, -0.25) is 9.59 Å². The third-order valence-corrected chi connectivity index (χ3v) is 3.44. The van der Waals surface area contributed by atoms with Gasteiger partial charge in [0.15, 0.2) is 5.92 Å². The lowest BCUT2D eigenvalue weighted by molar-refractivity contribution is -0.160. The second-order valence-electron chi connectivity index (χ2n) is 6.50. The molecule has 7 heteroatoms.